The summed E-state index contributed by atoms with van der Waals surface area (Å²) in [5.41, 5.74) is -0.718. The lowest BCUT2D eigenvalue weighted by atomic mass is 10.1. The van der Waals surface area contributed by atoms with E-state index in [1.807, 2.05) is 6.26 Å². The maximum Gasteiger partial charge on any atom is 0.147 e. The van der Waals surface area contributed by atoms with Gasteiger partial charge in [0.05, 0.1) is 11.4 Å². The van der Waals surface area contributed by atoms with E-state index in [9.17, 15) is 13.5 Å². The molecule has 0 bridgehead atoms. The summed E-state index contributed by atoms with van der Waals surface area (Å²) >= 11 is 1.59. The van der Waals surface area contributed by atoms with Crippen LogP contribution < -0.4 is 5.32 Å². The molecule has 2 N–H and O–H groups in total. The van der Waals surface area contributed by atoms with E-state index in [2.05, 4.69) is 5.32 Å². The lowest BCUT2D eigenvalue weighted by Gasteiger charge is -2.22. The normalized spacial score (nSPS) is 16.3. The summed E-state index contributed by atoms with van der Waals surface area (Å²) in [5, 5.41) is 12.8. The fourth-order valence-corrected chi connectivity index (χ4v) is 2.57. The number of sulfone groups is 1. The summed E-state index contributed by atoms with van der Waals surface area (Å²) in [6.45, 7) is 2.89. The van der Waals surface area contributed by atoms with Crippen LogP contribution in [-0.4, -0.2) is 56.2 Å². The van der Waals surface area contributed by atoms with E-state index < -0.39 is 15.4 Å². The topological polar surface area (TPSA) is 66.4 Å². The van der Waals surface area contributed by atoms with E-state index >= 15 is 0 Å². The van der Waals surface area contributed by atoms with Crippen molar-refractivity contribution in [3.05, 3.63) is 0 Å². The fourth-order valence-electron chi connectivity index (χ4n) is 1.18. The molecule has 92 valence electrons. The van der Waals surface area contributed by atoms with E-state index in [4.69, 9.17) is 0 Å². The molecule has 4 nitrogen and oxygen atoms in total. The van der Waals surface area contributed by atoms with Gasteiger partial charge in [-0.15, -0.1) is 0 Å². The molecular weight excluding hydrogens is 234 g/mol. The Kier molecular flexibility index (Phi) is 6.83. The molecule has 0 heterocycles. The predicted octanol–water partition coefficient (Wildman–Crippen LogP) is 0.125. The molecule has 0 aromatic carbocycles. The van der Waals surface area contributed by atoms with Crippen molar-refractivity contribution in [2.75, 3.05) is 37.1 Å². The van der Waals surface area contributed by atoms with E-state index in [1.54, 1.807) is 18.7 Å². The lowest BCUT2D eigenvalue weighted by Crippen LogP contribution is -2.40. The minimum absolute atomic E-state index is 0.199. The second-order valence-corrected chi connectivity index (χ2v) is 7.22. The van der Waals surface area contributed by atoms with Gasteiger partial charge in [0.25, 0.3) is 0 Å². The lowest BCUT2D eigenvalue weighted by molar-refractivity contribution is 0.0852. The number of aliphatic hydroxyl groups is 1. The number of thioether (sulfide) groups is 1. The van der Waals surface area contributed by atoms with Crippen LogP contribution in [-0.2, 0) is 9.84 Å². The fraction of sp³-hybridized carbons (Fsp3) is 1.00. The molecule has 6 heteroatoms. The highest BCUT2D eigenvalue weighted by molar-refractivity contribution is 7.98. The number of hydrogen-bond donors (Lipinski definition) is 2. The predicted molar refractivity (Wildman–Crippen MR) is 66.2 cm³/mol. The van der Waals surface area contributed by atoms with Crippen LogP contribution in [0.25, 0.3) is 0 Å². The molecule has 0 amide bonds. The standard InChI is InChI=1S/C9H21NO3S2/c1-9(11,8-14-2)7-10-5-4-6-15(3,12)13/h10-11H,4-8H2,1-3H3. The Balaban J connectivity index is 3.54. The van der Waals surface area contributed by atoms with Crippen LogP contribution in [0.15, 0.2) is 0 Å². The highest BCUT2D eigenvalue weighted by atomic mass is 32.2. The van der Waals surface area contributed by atoms with Gasteiger partial charge in [0.15, 0.2) is 0 Å². The Morgan fingerprint density at radius 2 is 2.07 bits per heavy atom. The number of rotatable bonds is 8. The molecular formula is C9H21NO3S2. The van der Waals surface area contributed by atoms with Gasteiger partial charge in [-0.2, -0.15) is 11.8 Å². The van der Waals surface area contributed by atoms with Gasteiger partial charge in [-0.3, -0.25) is 0 Å². The maximum atomic E-state index is 10.8. The highest BCUT2D eigenvalue weighted by Crippen LogP contribution is 2.08. The SMILES string of the molecule is CSCC(C)(O)CNCCCS(C)(=O)=O. The summed E-state index contributed by atoms with van der Waals surface area (Å²) in [6.07, 6.45) is 3.77. The van der Waals surface area contributed by atoms with Crippen molar-refractivity contribution in [1.82, 2.24) is 5.32 Å². The molecule has 0 saturated heterocycles. The van der Waals surface area contributed by atoms with Crippen LogP contribution in [0.4, 0.5) is 0 Å². The number of nitrogens with one attached hydrogen (secondary N) is 1. The minimum atomic E-state index is -2.86. The first-order chi connectivity index (χ1) is 6.77. The quantitative estimate of drug-likeness (QED) is 0.603. The van der Waals surface area contributed by atoms with Gasteiger partial charge < -0.3 is 10.4 Å². The van der Waals surface area contributed by atoms with Gasteiger partial charge in [-0.1, -0.05) is 0 Å². The molecule has 0 aromatic rings. The van der Waals surface area contributed by atoms with E-state index in [-0.39, 0.29) is 5.75 Å². The Morgan fingerprint density at radius 1 is 1.47 bits per heavy atom. The summed E-state index contributed by atoms with van der Waals surface area (Å²) in [7, 11) is -2.86. The van der Waals surface area contributed by atoms with Crippen LogP contribution in [0.2, 0.25) is 0 Å². The summed E-state index contributed by atoms with van der Waals surface area (Å²) in [4.78, 5) is 0. The van der Waals surface area contributed by atoms with E-state index in [0.29, 0.717) is 25.3 Å². The zero-order chi connectivity index (χ0) is 11.9. The minimum Gasteiger partial charge on any atom is -0.388 e. The third kappa shape index (κ3) is 10.5. The maximum absolute atomic E-state index is 10.8. The van der Waals surface area contributed by atoms with Crippen molar-refractivity contribution in [2.24, 2.45) is 0 Å². The first-order valence-corrected chi connectivity index (χ1v) is 8.32. The Hall–Kier alpha value is 0.220. The number of hydrogen-bond acceptors (Lipinski definition) is 5. The van der Waals surface area contributed by atoms with Crippen molar-refractivity contribution >= 4 is 21.6 Å². The molecule has 1 atom stereocenters. The van der Waals surface area contributed by atoms with Crippen molar-refractivity contribution in [3.63, 3.8) is 0 Å². The van der Waals surface area contributed by atoms with Crippen LogP contribution >= 0.6 is 11.8 Å². The van der Waals surface area contributed by atoms with Crippen LogP contribution in [0.5, 0.6) is 0 Å². The molecule has 15 heavy (non-hydrogen) atoms. The largest absolute Gasteiger partial charge is 0.388 e. The molecule has 1 unspecified atom stereocenters. The first kappa shape index (κ1) is 15.2. The Labute approximate surface area is 96.8 Å². The molecule has 0 aliphatic heterocycles. The molecule has 0 aliphatic carbocycles. The monoisotopic (exact) mass is 255 g/mol. The van der Waals surface area contributed by atoms with Crippen molar-refractivity contribution in [2.45, 2.75) is 18.9 Å². The third-order valence-corrected chi connectivity index (χ3v) is 3.77. The first-order valence-electron chi connectivity index (χ1n) is 4.87. The Morgan fingerprint density at radius 3 is 2.53 bits per heavy atom. The third-order valence-electron chi connectivity index (χ3n) is 1.83. The average molecular weight is 255 g/mol. The molecule has 0 spiro atoms. The van der Waals surface area contributed by atoms with Crippen molar-refractivity contribution < 1.29 is 13.5 Å². The molecule has 0 aliphatic rings. The smallest absolute Gasteiger partial charge is 0.147 e. The second kappa shape index (κ2) is 6.73. The molecule has 0 fully saturated rings. The van der Waals surface area contributed by atoms with Crippen LogP contribution in [0, 0.1) is 0 Å². The van der Waals surface area contributed by atoms with Crippen LogP contribution in [0.1, 0.15) is 13.3 Å². The van der Waals surface area contributed by atoms with E-state index in [0.717, 1.165) is 0 Å². The van der Waals surface area contributed by atoms with Gasteiger partial charge in [0, 0.05) is 18.6 Å². The summed E-state index contributed by atoms with van der Waals surface area (Å²) < 4.78 is 21.6. The Bertz CT molecular complexity index is 263. The van der Waals surface area contributed by atoms with Gasteiger partial charge in [-0.25, -0.2) is 8.42 Å². The molecule has 0 rings (SSSR count). The molecule has 0 radical (unpaired) electrons. The molecule has 0 saturated carbocycles. The zero-order valence-electron chi connectivity index (χ0n) is 9.62. The van der Waals surface area contributed by atoms with Crippen LogP contribution in [0.3, 0.4) is 0 Å². The second-order valence-electron chi connectivity index (χ2n) is 4.09. The van der Waals surface area contributed by atoms with Gasteiger partial charge in [-0.05, 0) is 26.1 Å². The van der Waals surface area contributed by atoms with Crippen molar-refractivity contribution in [3.8, 4) is 0 Å². The zero-order valence-corrected chi connectivity index (χ0v) is 11.2. The van der Waals surface area contributed by atoms with Crippen molar-refractivity contribution in [1.29, 1.82) is 0 Å². The van der Waals surface area contributed by atoms with Gasteiger partial charge >= 0.3 is 0 Å². The summed E-state index contributed by atoms with van der Waals surface area (Å²) in [5.74, 6) is 0.872. The van der Waals surface area contributed by atoms with Gasteiger partial charge in [0.2, 0.25) is 0 Å². The summed E-state index contributed by atoms with van der Waals surface area (Å²) in [6, 6.07) is 0. The van der Waals surface area contributed by atoms with E-state index in [1.165, 1.54) is 6.26 Å². The molecule has 0 aromatic heterocycles. The average Bonchev–Trinajstić information content (AvgIpc) is 2.00. The van der Waals surface area contributed by atoms with Gasteiger partial charge in [0.1, 0.15) is 9.84 Å². The highest BCUT2D eigenvalue weighted by Gasteiger charge is 2.18.